The van der Waals surface area contributed by atoms with Gasteiger partial charge in [-0.3, -0.25) is 4.55 Å². The molecule has 0 amide bonds. The molecule has 22 heteroatoms. The highest BCUT2D eigenvalue weighted by Gasteiger charge is 2.93. The standard InChI is InChI=1S/C9HF17O4S/c10-1(2(11)30-31(27,28)29)3(12,13)4(14,15)5(16,17)6(18,19)7(20,21)8(22,23)9(24,25)26/h(H,27,28,29). The summed E-state index contributed by atoms with van der Waals surface area (Å²) in [5.74, 6) is -55.6. The van der Waals surface area contributed by atoms with E-state index in [-0.39, 0.29) is 0 Å². The van der Waals surface area contributed by atoms with Crippen molar-refractivity contribution >= 4 is 10.4 Å². The summed E-state index contributed by atoms with van der Waals surface area (Å²) < 4.78 is 247. The highest BCUT2D eigenvalue weighted by molar-refractivity contribution is 7.81. The Labute approximate surface area is 157 Å². The van der Waals surface area contributed by atoms with Crippen LogP contribution < -0.4 is 0 Å². The number of allylic oxidation sites excluding steroid dienone is 1. The van der Waals surface area contributed by atoms with Crippen molar-refractivity contribution < 1.29 is 91.8 Å². The van der Waals surface area contributed by atoms with Crippen LogP contribution in [0, 0.1) is 0 Å². The van der Waals surface area contributed by atoms with Crippen LogP contribution in [0.1, 0.15) is 0 Å². The first kappa shape index (κ1) is 29.3. The molecule has 0 unspecified atom stereocenters. The lowest BCUT2D eigenvalue weighted by atomic mass is 9.91. The van der Waals surface area contributed by atoms with Gasteiger partial charge in [0.05, 0.1) is 0 Å². The summed E-state index contributed by atoms with van der Waals surface area (Å²) in [4.78, 5) is 0. The van der Waals surface area contributed by atoms with Crippen molar-refractivity contribution in [2.75, 3.05) is 0 Å². The van der Waals surface area contributed by atoms with Crippen LogP contribution in [-0.2, 0) is 14.6 Å². The Morgan fingerprint density at radius 1 is 0.581 bits per heavy atom. The number of hydrogen-bond donors (Lipinski definition) is 1. The zero-order valence-corrected chi connectivity index (χ0v) is 13.8. The Kier molecular flexibility index (Phi) is 6.99. The molecule has 0 aliphatic heterocycles. The molecule has 0 aromatic carbocycles. The molecule has 0 saturated heterocycles. The Hall–Kier alpha value is -1.74. The molecule has 0 aliphatic rings. The molecule has 0 bridgehead atoms. The molecule has 0 fully saturated rings. The minimum Gasteiger partial charge on any atom is -0.329 e. The van der Waals surface area contributed by atoms with Crippen molar-refractivity contribution in [2.24, 2.45) is 0 Å². The third-order valence-corrected chi connectivity index (χ3v) is 3.31. The van der Waals surface area contributed by atoms with Gasteiger partial charge in [-0.15, -0.1) is 0 Å². The number of hydrogen-bond acceptors (Lipinski definition) is 3. The van der Waals surface area contributed by atoms with Crippen LogP contribution in [0.5, 0.6) is 0 Å². The first-order chi connectivity index (χ1) is 13.0. The fraction of sp³-hybridized carbons (Fsp3) is 0.778. The smallest absolute Gasteiger partial charge is 0.329 e. The molecule has 0 saturated carbocycles. The van der Waals surface area contributed by atoms with Crippen molar-refractivity contribution in [2.45, 2.75) is 41.7 Å². The molecule has 186 valence electrons. The topological polar surface area (TPSA) is 63.6 Å². The molecule has 0 spiro atoms. The minimum absolute atomic E-state index is 2.15. The fourth-order valence-electron chi connectivity index (χ4n) is 1.36. The van der Waals surface area contributed by atoms with Gasteiger partial charge in [-0.2, -0.15) is 83.1 Å². The van der Waals surface area contributed by atoms with E-state index in [2.05, 4.69) is 4.18 Å². The van der Waals surface area contributed by atoms with Crippen LogP contribution in [0.4, 0.5) is 74.6 Å². The van der Waals surface area contributed by atoms with Gasteiger partial charge in [0.2, 0.25) is 5.83 Å². The van der Waals surface area contributed by atoms with Crippen LogP contribution >= 0.6 is 0 Å². The molecule has 0 rings (SSSR count). The van der Waals surface area contributed by atoms with Gasteiger partial charge < -0.3 is 4.18 Å². The molecule has 0 atom stereocenters. The third kappa shape index (κ3) is 4.31. The summed E-state index contributed by atoms with van der Waals surface area (Å²) in [5.41, 5.74) is 0. The van der Waals surface area contributed by atoms with Gasteiger partial charge >= 0.3 is 58.1 Å². The Morgan fingerprint density at radius 2 is 0.871 bits per heavy atom. The van der Waals surface area contributed by atoms with Crippen molar-refractivity contribution in [1.82, 2.24) is 0 Å². The van der Waals surface area contributed by atoms with Gasteiger partial charge in [-0.25, -0.2) is 0 Å². The molecule has 0 aliphatic carbocycles. The summed E-state index contributed by atoms with van der Waals surface area (Å²) in [7, 11) is -6.43. The lowest BCUT2D eigenvalue weighted by Gasteiger charge is -2.41. The lowest BCUT2D eigenvalue weighted by molar-refractivity contribution is -0.451. The first-order valence-corrected chi connectivity index (χ1v) is 7.46. The van der Waals surface area contributed by atoms with E-state index in [4.69, 9.17) is 4.55 Å². The largest absolute Gasteiger partial charge is 0.460 e. The van der Waals surface area contributed by atoms with Gasteiger partial charge in [0.15, 0.2) is 0 Å². The Morgan fingerprint density at radius 3 is 1.16 bits per heavy atom. The van der Waals surface area contributed by atoms with Crippen molar-refractivity contribution in [3.8, 4) is 0 Å². The minimum atomic E-state index is -8.76. The number of rotatable bonds is 8. The maximum Gasteiger partial charge on any atom is 0.460 e. The van der Waals surface area contributed by atoms with Crippen LogP contribution in [0.15, 0.2) is 11.8 Å². The van der Waals surface area contributed by atoms with Gasteiger partial charge in [-0.05, 0) is 0 Å². The first-order valence-electron chi connectivity index (χ1n) is 6.10. The second kappa shape index (κ2) is 7.40. The van der Waals surface area contributed by atoms with E-state index in [1.165, 1.54) is 0 Å². The molecule has 0 heterocycles. The normalized spacial score (nSPS) is 16.8. The second-order valence-corrected chi connectivity index (χ2v) is 6.06. The highest BCUT2D eigenvalue weighted by Crippen LogP contribution is 2.63. The van der Waals surface area contributed by atoms with Crippen molar-refractivity contribution in [1.29, 1.82) is 0 Å². The quantitative estimate of drug-likeness (QED) is 0.265. The van der Waals surface area contributed by atoms with Crippen molar-refractivity contribution in [3.63, 3.8) is 0 Å². The molecule has 31 heavy (non-hydrogen) atoms. The van der Waals surface area contributed by atoms with Crippen molar-refractivity contribution in [3.05, 3.63) is 11.8 Å². The maximum atomic E-state index is 13.2. The van der Waals surface area contributed by atoms with Crippen LogP contribution in [0.3, 0.4) is 0 Å². The Bertz CT molecular complexity index is 823. The van der Waals surface area contributed by atoms with Crippen LogP contribution in [0.2, 0.25) is 0 Å². The molecular formula is C9HF17O4S. The molecule has 0 radical (unpaired) electrons. The van der Waals surface area contributed by atoms with Gasteiger partial charge in [-0.1, -0.05) is 0 Å². The van der Waals surface area contributed by atoms with Gasteiger partial charge in [0.1, 0.15) is 0 Å². The third-order valence-electron chi connectivity index (χ3n) is 2.95. The summed E-state index contributed by atoms with van der Waals surface area (Å²) in [6.45, 7) is 0. The van der Waals surface area contributed by atoms with E-state index < -0.39 is 64.0 Å². The lowest BCUT2D eigenvalue weighted by Crippen LogP contribution is -2.72. The summed E-state index contributed by atoms with van der Waals surface area (Å²) in [5, 5.41) is 0. The summed E-state index contributed by atoms with van der Waals surface area (Å²) >= 11 is 0. The van der Waals surface area contributed by atoms with Crippen LogP contribution in [-0.4, -0.2) is 54.7 Å². The second-order valence-electron chi connectivity index (χ2n) is 5.04. The fourth-order valence-corrected chi connectivity index (χ4v) is 1.62. The molecule has 1 N–H and O–H groups in total. The van der Waals surface area contributed by atoms with E-state index in [1.807, 2.05) is 0 Å². The number of halogens is 17. The zero-order valence-electron chi connectivity index (χ0n) is 13.0. The van der Waals surface area contributed by atoms with Gasteiger partial charge in [0.25, 0.3) is 0 Å². The molecular weight excluding hydrogens is 527 g/mol. The molecule has 0 aromatic heterocycles. The predicted molar refractivity (Wildman–Crippen MR) is 57.6 cm³/mol. The van der Waals surface area contributed by atoms with Gasteiger partial charge in [0, 0.05) is 0 Å². The summed E-state index contributed by atoms with van der Waals surface area (Å²) in [6, 6.07) is -4.27. The van der Waals surface area contributed by atoms with E-state index >= 15 is 0 Å². The zero-order chi connectivity index (χ0) is 25.9. The SMILES string of the molecule is O=S(=O)(O)OC(F)=C(F)C(F)(F)C(F)(F)C(F)(F)C(F)(F)C(F)(F)C(F)(F)C(F)(F)F. The predicted octanol–water partition coefficient (Wildman–Crippen LogP) is 5.29. The molecule has 0 aromatic rings. The van der Waals surface area contributed by atoms with E-state index in [1.54, 1.807) is 0 Å². The van der Waals surface area contributed by atoms with E-state index in [0.29, 0.717) is 0 Å². The maximum absolute atomic E-state index is 13.2. The molecule has 4 nitrogen and oxygen atoms in total. The number of alkyl halides is 15. The van der Waals surface area contributed by atoms with E-state index in [0.717, 1.165) is 0 Å². The van der Waals surface area contributed by atoms with E-state index in [9.17, 15) is 83.1 Å². The highest BCUT2D eigenvalue weighted by atomic mass is 32.3. The Balaban J connectivity index is 6.80. The van der Waals surface area contributed by atoms with Crippen LogP contribution in [0.25, 0.3) is 0 Å². The monoisotopic (exact) mass is 528 g/mol. The summed E-state index contributed by atoms with van der Waals surface area (Å²) in [6.07, 6.45) is -7.85. The average Bonchev–Trinajstić information content (AvgIpc) is 2.50. The average molecular weight is 528 g/mol.